The normalized spacial score (nSPS) is 30.1. The Morgan fingerprint density at radius 2 is 0.731 bits per heavy atom. The molecule has 0 unspecified atom stereocenters. The Bertz CT molecular complexity index is 3910. The zero-order valence-corrected chi connectivity index (χ0v) is 75.9. The number of likely N-dealkylation sites (tertiary alicyclic amines) is 2. The maximum Gasteiger partial charge on any atom is 0.410 e. The Kier molecular flexibility index (Phi) is 34.7. The van der Waals surface area contributed by atoms with E-state index in [9.17, 15) is 64.2 Å². The number of ether oxygens (including phenoxy) is 2. The Morgan fingerprint density at radius 1 is 0.454 bits per heavy atom. The zero-order chi connectivity index (χ0) is 88.3. The van der Waals surface area contributed by atoms with Gasteiger partial charge in [-0.2, -0.15) is 9.59 Å². The molecule has 3 aliphatic heterocycles. The lowest BCUT2D eigenvalue weighted by Gasteiger charge is -2.60. The molecule has 0 radical (unpaired) electrons. The van der Waals surface area contributed by atoms with E-state index in [1.54, 1.807) is 23.6 Å². The molecule has 15 atom stereocenters. The molecule has 4 amide bonds. The van der Waals surface area contributed by atoms with Gasteiger partial charge in [-0.1, -0.05) is 102 Å². The van der Waals surface area contributed by atoms with Crippen LogP contribution in [-0.2, 0) is 28.7 Å². The van der Waals surface area contributed by atoms with Crippen molar-refractivity contribution in [2.75, 3.05) is 39.3 Å². The number of amides is 4. The Morgan fingerprint density at radius 3 is 1.03 bits per heavy atom. The monoisotopic (exact) mass is 1680 g/mol. The average molecular weight is 1680 g/mol. The smallest absolute Gasteiger partial charge is 0.410 e. The molecule has 25 heteroatoms. The molecular weight excluding hydrogens is 1540 g/mol. The number of phenols is 6. The van der Waals surface area contributed by atoms with Gasteiger partial charge < -0.3 is 76.7 Å². The summed E-state index contributed by atoms with van der Waals surface area (Å²) >= 11 is 0. The van der Waals surface area contributed by atoms with E-state index in [0.29, 0.717) is 54.5 Å². The van der Waals surface area contributed by atoms with Gasteiger partial charge in [0, 0.05) is 115 Å². The first-order chi connectivity index (χ1) is 54.7. The summed E-state index contributed by atoms with van der Waals surface area (Å²) in [7, 11) is 0. The molecule has 12 rings (SSSR count). The summed E-state index contributed by atoms with van der Waals surface area (Å²) in [6.45, 7) is 45.8. The lowest BCUT2D eigenvalue weighted by atomic mass is 9.45. The molecule has 9 aliphatic rings. The number of nitrogens with zero attached hydrogens (tertiary/aromatic N) is 2. The lowest BCUT2D eigenvalue weighted by Crippen LogP contribution is -2.61. The highest BCUT2D eigenvalue weighted by Gasteiger charge is 2.62. The molecule has 6 saturated carbocycles. The van der Waals surface area contributed by atoms with Gasteiger partial charge in [0.2, 0.25) is 11.8 Å². The Hall–Kier alpha value is -7.50. The lowest BCUT2D eigenvalue weighted by molar-refractivity contribution is -0.191. The van der Waals surface area contributed by atoms with E-state index in [1.165, 1.54) is 67.4 Å². The number of nitrogens with two attached hydrogens (primary N) is 1. The molecule has 0 spiro atoms. The van der Waals surface area contributed by atoms with Crippen molar-refractivity contribution in [1.82, 2.24) is 25.8 Å². The summed E-state index contributed by atoms with van der Waals surface area (Å²) in [6, 6.07) is 12.2. The van der Waals surface area contributed by atoms with Crippen LogP contribution in [0.15, 0.2) is 54.6 Å². The minimum Gasteiger partial charge on any atom is -0.508 e. The van der Waals surface area contributed by atoms with Crippen LogP contribution in [0.25, 0.3) is 0 Å². The molecular formula is C94H147ClN6O18. The molecule has 3 heterocycles. The third kappa shape index (κ3) is 25.4. The molecule has 119 heavy (non-hydrogen) atoms. The largest absolute Gasteiger partial charge is 0.508 e. The summed E-state index contributed by atoms with van der Waals surface area (Å²) in [6.07, 6.45) is 18.1. The second-order valence-electron chi connectivity index (χ2n) is 41.1. The third-order valence-corrected chi connectivity index (χ3v) is 28.3. The van der Waals surface area contributed by atoms with Gasteiger partial charge in [-0.15, -0.1) is 12.4 Å². The fourth-order valence-electron chi connectivity index (χ4n) is 22.8. The summed E-state index contributed by atoms with van der Waals surface area (Å²) < 4.78 is 10.8. The summed E-state index contributed by atoms with van der Waals surface area (Å²) in [5.74, 6) is -0.874. The van der Waals surface area contributed by atoms with Crippen LogP contribution in [0, 0.1) is 97.6 Å². The molecule has 0 aromatic heterocycles. The molecule has 9 fully saturated rings. The minimum atomic E-state index is -0.560. The first-order valence-corrected chi connectivity index (χ1v) is 43.7. The van der Waals surface area contributed by atoms with E-state index >= 15 is 0 Å². The number of halogens is 1. The molecule has 24 nitrogen and oxygen atoms in total. The maximum atomic E-state index is 14.1. The van der Waals surface area contributed by atoms with Crippen molar-refractivity contribution < 1.29 is 88.4 Å². The maximum absolute atomic E-state index is 14.1. The molecule has 0 bridgehead atoms. The molecule has 3 aromatic carbocycles. The SMILES string of the molecule is CC(C)(C)OC(=O)N1CCCCC1.CC(C)O.C[C@@H]1[C@H](N)C[C@H]2C(C)(C)CCC[C@]2(C)[C@H]1C(=O)c1cc(O)cc(O)c1.C[C@@H]1[C@H](NC(=O)C2CCN(C(=O)OC(C)(C)C)CC2)C[C@H]2C(C)(C)CCC[C@]2(C)[C@H]1C(=O)c1cc(O)cc(O)c1.C[C@@H]1[C@H](NC(=O)C2CCNCC2)C[C@H]2C(C)(C)CCC[C@]2(C)[C@H]1C(=O)c1cc(O)cc(O)c1.Cl.O=C=O. The average Bonchev–Trinajstić information content (AvgIpc) is 0.737. The molecule has 3 saturated heterocycles. The standard InChI is InChI=1S/C32H48N2O6.C27H40N2O4.C21H31NO3.C10H19NO2.C3H8O.CO2.ClH/c1-19-24(33-28(38)20-9-13-34(14-10-20)29(39)40-30(2,3)4)18-25-31(5,6)11-8-12-32(25,7)26(19)27(37)21-15-22(35)17-23(36)16-21;1-16-21(29-25(33)17-6-10-28-11-7-17)15-22-26(2,3)8-5-9-27(22,4)23(16)24(32)18-12-19(30)14-20(31)13-18;1-12-16(22)11-17-20(2,3)6-5-7-21(17,4)18(12)19(25)13-8-14(23)10-15(24)9-13;1-10(2,3)13-9(12)11-7-5-4-6-8-11;1-3(2)4;2-1-3;/h15-17,19-20,24-26,35-36H,8-14,18H2,1-7H3,(H,33,38);12-14,16-17,21-23,28,30-31H,5-11,15H2,1-4H3,(H,29,33);8-10,12,16-18,23-24H,5-7,11,22H2,1-4H3;4-8H2,1-3H3;3-4H,1-2H3;;1H/t19-,24-,25+,26-,32+;16-,21-,22+,23-,27+;12-,16-,17+,18-,21+;;;;/m111..../s1. The van der Waals surface area contributed by atoms with Gasteiger partial charge in [0.1, 0.15) is 45.7 Å². The number of aliphatic hydroxyl groups is 1. The Balaban J connectivity index is 0.000000251. The number of nitrogens with one attached hydrogen (secondary N) is 3. The number of Topliss-reactive ketones (excluding diaryl/α,β-unsaturated/α-hetero) is 3. The number of rotatable bonds is 10. The number of hydrogen-bond acceptors (Lipinski definition) is 20. The summed E-state index contributed by atoms with van der Waals surface area (Å²) in [4.78, 5) is 112. The Labute approximate surface area is 714 Å². The van der Waals surface area contributed by atoms with Crippen LogP contribution in [0.5, 0.6) is 34.5 Å². The van der Waals surface area contributed by atoms with E-state index in [-0.39, 0.29) is 210 Å². The second-order valence-corrected chi connectivity index (χ2v) is 41.1. The van der Waals surface area contributed by atoms with Gasteiger partial charge in [-0.3, -0.25) is 24.0 Å². The van der Waals surface area contributed by atoms with Gasteiger partial charge in [-0.25, -0.2) is 9.59 Å². The number of piperidine rings is 3. The van der Waals surface area contributed by atoms with Crippen molar-refractivity contribution in [3.63, 3.8) is 0 Å². The number of fused-ring (bicyclic) bond motifs is 3. The molecule has 3 aromatic rings. The van der Waals surface area contributed by atoms with E-state index in [0.717, 1.165) is 122 Å². The van der Waals surface area contributed by atoms with Crippen molar-refractivity contribution in [1.29, 1.82) is 0 Å². The third-order valence-electron chi connectivity index (χ3n) is 28.3. The van der Waals surface area contributed by atoms with Crippen LogP contribution < -0.4 is 21.7 Å². The van der Waals surface area contributed by atoms with Crippen LogP contribution in [-0.4, -0.2) is 168 Å². The summed E-state index contributed by atoms with van der Waals surface area (Å²) in [5.41, 5.74) is 6.27. The topological polar surface area (TPSA) is 382 Å². The minimum absolute atomic E-state index is 0. The first-order valence-electron chi connectivity index (χ1n) is 43.7. The fraction of sp³-hybridized carbons (Fsp3) is 0.723. The van der Waals surface area contributed by atoms with E-state index in [4.69, 9.17) is 29.9 Å². The van der Waals surface area contributed by atoms with Crippen LogP contribution in [0.3, 0.4) is 0 Å². The zero-order valence-electron chi connectivity index (χ0n) is 75.0. The number of phenolic OH excluding ortho intramolecular Hbond substituents is 6. The van der Waals surface area contributed by atoms with Gasteiger partial charge in [0.25, 0.3) is 0 Å². The number of carbonyl (C=O) groups excluding carboxylic acids is 9. The molecule has 668 valence electrons. The predicted molar refractivity (Wildman–Crippen MR) is 461 cm³/mol. The van der Waals surface area contributed by atoms with Crippen LogP contribution in [0.4, 0.5) is 9.59 Å². The second kappa shape index (κ2) is 41.1. The van der Waals surface area contributed by atoms with Gasteiger partial charge in [0.15, 0.2) is 17.3 Å². The summed E-state index contributed by atoms with van der Waals surface area (Å²) in [5, 5.41) is 78.0. The highest BCUT2D eigenvalue weighted by molar-refractivity contribution is 6.01. The van der Waals surface area contributed by atoms with Crippen molar-refractivity contribution in [3.8, 4) is 34.5 Å². The quantitative estimate of drug-likeness (QED) is 0.0840. The highest BCUT2D eigenvalue weighted by Crippen LogP contribution is 2.65. The number of ketones is 3. The molecule has 6 aliphatic carbocycles. The predicted octanol–water partition coefficient (Wildman–Crippen LogP) is 16.9. The highest BCUT2D eigenvalue weighted by atomic mass is 35.5. The number of aliphatic hydroxyl groups excluding tert-OH is 1. The van der Waals surface area contributed by atoms with E-state index < -0.39 is 5.60 Å². The number of carbonyl (C=O) groups is 7. The van der Waals surface area contributed by atoms with Crippen molar-refractivity contribution >= 4 is 59.9 Å². The van der Waals surface area contributed by atoms with Crippen LogP contribution in [0.2, 0.25) is 0 Å². The fourth-order valence-corrected chi connectivity index (χ4v) is 22.8. The number of hydrogen-bond donors (Lipinski definition) is 11. The van der Waals surface area contributed by atoms with Crippen molar-refractivity contribution in [2.24, 2.45) is 103 Å². The van der Waals surface area contributed by atoms with Crippen LogP contribution in [0.1, 0.15) is 292 Å². The number of aromatic hydroxyl groups is 6. The van der Waals surface area contributed by atoms with Gasteiger partial charge in [0.05, 0.1) is 0 Å². The van der Waals surface area contributed by atoms with E-state index in [2.05, 4.69) is 99.0 Å². The molecule has 12 N–H and O–H groups in total. The van der Waals surface area contributed by atoms with Crippen molar-refractivity contribution in [3.05, 3.63) is 71.3 Å². The first kappa shape index (κ1) is 100. The number of benzene rings is 3. The van der Waals surface area contributed by atoms with Gasteiger partial charge >= 0.3 is 18.3 Å². The van der Waals surface area contributed by atoms with Crippen molar-refractivity contribution in [2.45, 2.75) is 296 Å². The van der Waals surface area contributed by atoms with Crippen LogP contribution >= 0.6 is 12.4 Å². The van der Waals surface area contributed by atoms with Gasteiger partial charge in [-0.05, 0) is 276 Å². The van der Waals surface area contributed by atoms with E-state index in [1.807, 2.05) is 41.5 Å².